The minimum atomic E-state index is -0.373. The average molecular weight is 517 g/mol. The van der Waals surface area contributed by atoms with Crippen molar-refractivity contribution in [2.45, 2.75) is 13.2 Å². The maximum Gasteiger partial charge on any atom is 0.338 e. The zero-order chi connectivity index (χ0) is 20.5. The molecule has 0 heterocycles. The molecular formula is C23H24IN3O3. The number of methoxy groups -OCH3 is 1. The van der Waals surface area contributed by atoms with E-state index >= 15 is 0 Å². The number of carbonyl (C=O) groups excluding carboxylic acids is 1. The van der Waals surface area contributed by atoms with E-state index in [2.05, 4.69) is 10.3 Å². The third kappa shape index (κ3) is 7.07. The third-order valence-electron chi connectivity index (χ3n) is 4.15. The molecule has 0 saturated carbocycles. The highest BCUT2D eigenvalue weighted by Gasteiger charge is 2.08. The van der Waals surface area contributed by atoms with Gasteiger partial charge >= 0.3 is 5.97 Å². The highest BCUT2D eigenvalue weighted by Crippen LogP contribution is 2.16. The van der Waals surface area contributed by atoms with Gasteiger partial charge < -0.3 is 20.5 Å². The quantitative estimate of drug-likeness (QED) is 0.207. The lowest BCUT2D eigenvalue weighted by atomic mass is 10.1. The van der Waals surface area contributed by atoms with Gasteiger partial charge in [0.1, 0.15) is 12.4 Å². The van der Waals surface area contributed by atoms with E-state index in [9.17, 15) is 4.79 Å². The van der Waals surface area contributed by atoms with E-state index in [0.717, 1.165) is 22.6 Å². The van der Waals surface area contributed by atoms with E-state index in [1.165, 1.54) is 0 Å². The summed E-state index contributed by atoms with van der Waals surface area (Å²) >= 11 is 0. The zero-order valence-electron chi connectivity index (χ0n) is 16.6. The molecule has 3 aromatic rings. The van der Waals surface area contributed by atoms with Crippen molar-refractivity contribution >= 4 is 41.6 Å². The summed E-state index contributed by atoms with van der Waals surface area (Å²) in [5, 5.41) is 3.02. The number of guanidine groups is 1. The van der Waals surface area contributed by atoms with E-state index in [-0.39, 0.29) is 42.5 Å². The average Bonchev–Trinajstić information content (AvgIpc) is 2.77. The van der Waals surface area contributed by atoms with Crippen LogP contribution in [0.5, 0.6) is 5.75 Å². The monoisotopic (exact) mass is 517 g/mol. The Balaban J connectivity index is 0.00000320. The van der Waals surface area contributed by atoms with Crippen LogP contribution < -0.4 is 15.8 Å². The van der Waals surface area contributed by atoms with Crippen LogP contribution in [0.3, 0.4) is 0 Å². The third-order valence-corrected chi connectivity index (χ3v) is 4.15. The van der Waals surface area contributed by atoms with Crippen molar-refractivity contribution in [2.24, 2.45) is 10.7 Å². The number of nitrogens with one attached hydrogen (secondary N) is 1. The number of nitrogens with zero attached hydrogens (tertiary/aromatic N) is 1. The lowest BCUT2D eigenvalue weighted by Gasteiger charge is -2.08. The highest BCUT2D eigenvalue weighted by atomic mass is 127. The summed E-state index contributed by atoms with van der Waals surface area (Å²) in [5.74, 6) is 0.627. The fraction of sp³-hybridized carbons (Fsp3) is 0.130. The van der Waals surface area contributed by atoms with Gasteiger partial charge in [-0.3, -0.25) is 0 Å². The molecule has 0 aromatic heterocycles. The van der Waals surface area contributed by atoms with Gasteiger partial charge in [0.25, 0.3) is 0 Å². The van der Waals surface area contributed by atoms with Crippen LogP contribution in [0.15, 0.2) is 83.9 Å². The Kier molecular flexibility index (Phi) is 9.14. The van der Waals surface area contributed by atoms with Crippen LogP contribution in [0.25, 0.3) is 0 Å². The molecule has 0 radical (unpaired) electrons. The van der Waals surface area contributed by atoms with Crippen molar-refractivity contribution in [3.63, 3.8) is 0 Å². The summed E-state index contributed by atoms with van der Waals surface area (Å²) in [6, 6.07) is 24.1. The van der Waals surface area contributed by atoms with Crippen molar-refractivity contribution in [1.29, 1.82) is 0 Å². The summed E-state index contributed by atoms with van der Waals surface area (Å²) in [6.07, 6.45) is 0. The number of benzene rings is 3. The van der Waals surface area contributed by atoms with E-state index in [1.807, 2.05) is 60.7 Å². The first-order valence-corrected chi connectivity index (χ1v) is 9.15. The number of halogens is 1. The van der Waals surface area contributed by atoms with Gasteiger partial charge in [-0.15, -0.1) is 24.0 Å². The molecule has 0 bridgehead atoms. The van der Waals surface area contributed by atoms with Gasteiger partial charge in [-0.25, -0.2) is 9.79 Å². The van der Waals surface area contributed by atoms with Crippen LogP contribution in [0.4, 0.5) is 5.69 Å². The molecule has 0 aliphatic rings. The molecule has 3 rings (SSSR count). The predicted octanol–water partition coefficient (Wildman–Crippen LogP) is 4.60. The van der Waals surface area contributed by atoms with Gasteiger partial charge in [0.2, 0.25) is 0 Å². The van der Waals surface area contributed by atoms with Gasteiger partial charge in [0.05, 0.1) is 19.2 Å². The van der Waals surface area contributed by atoms with Gasteiger partial charge in [-0.05, 0) is 35.4 Å². The van der Waals surface area contributed by atoms with Crippen molar-refractivity contribution in [3.8, 4) is 5.75 Å². The Labute approximate surface area is 193 Å². The number of ether oxygens (including phenoxy) is 2. The smallest absolute Gasteiger partial charge is 0.338 e. The van der Waals surface area contributed by atoms with Crippen molar-refractivity contribution in [2.75, 3.05) is 12.4 Å². The minimum Gasteiger partial charge on any atom is -0.497 e. The molecular weight excluding hydrogens is 493 g/mol. The molecule has 0 aliphatic heterocycles. The number of carbonyl (C=O) groups is 1. The van der Waals surface area contributed by atoms with E-state index in [4.69, 9.17) is 15.2 Å². The molecule has 156 valence electrons. The lowest BCUT2D eigenvalue weighted by molar-refractivity contribution is 0.0472. The van der Waals surface area contributed by atoms with Crippen molar-refractivity contribution in [3.05, 3.63) is 95.6 Å². The topological polar surface area (TPSA) is 85.9 Å². The molecule has 0 amide bonds. The largest absolute Gasteiger partial charge is 0.497 e. The molecule has 7 heteroatoms. The molecule has 0 fully saturated rings. The van der Waals surface area contributed by atoms with Crippen LogP contribution in [0.2, 0.25) is 0 Å². The molecule has 3 aromatic carbocycles. The number of rotatable bonds is 7. The fourth-order valence-electron chi connectivity index (χ4n) is 2.67. The van der Waals surface area contributed by atoms with Gasteiger partial charge in [0, 0.05) is 11.8 Å². The van der Waals surface area contributed by atoms with Crippen LogP contribution in [0, 0.1) is 0 Å². The molecule has 0 spiro atoms. The SMILES string of the molecule is COc1cccc(NC(N)=NCc2cccc(C(=O)OCc3ccccc3)c2)c1.I. The molecule has 0 atom stereocenters. The Morgan fingerprint density at radius 3 is 2.47 bits per heavy atom. The summed E-state index contributed by atoms with van der Waals surface area (Å²) in [7, 11) is 1.61. The summed E-state index contributed by atoms with van der Waals surface area (Å²) in [5.41, 5.74) is 9.02. The Morgan fingerprint density at radius 1 is 0.967 bits per heavy atom. The number of esters is 1. The predicted molar refractivity (Wildman–Crippen MR) is 129 cm³/mol. The van der Waals surface area contributed by atoms with Crippen LogP contribution in [-0.2, 0) is 17.9 Å². The van der Waals surface area contributed by atoms with E-state index in [0.29, 0.717) is 12.1 Å². The Morgan fingerprint density at radius 2 is 1.70 bits per heavy atom. The minimum absolute atomic E-state index is 0. The van der Waals surface area contributed by atoms with Gasteiger partial charge in [0.15, 0.2) is 5.96 Å². The standard InChI is InChI=1S/C23H23N3O3.HI/c1-28-21-12-6-11-20(14-21)26-23(24)25-15-18-9-5-10-19(13-18)22(27)29-16-17-7-3-2-4-8-17;/h2-14H,15-16H2,1H3,(H3,24,25,26);1H. The second-order valence-corrected chi connectivity index (χ2v) is 6.32. The Hall–Kier alpha value is -3.07. The summed E-state index contributed by atoms with van der Waals surface area (Å²) in [4.78, 5) is 16.6. The molecule has 0 unspecified atom stereocenters. The van der Waals surface area contributed by atoms with Crippen LogP contribution in [-0.4, -0.2) is 19.0 Å². The van der Waals surface area contributed by atoms with Gasteiger partial charge in [-0.1, -0.05) is 48.5 Å². The number of anilines is 1. The number of nitrogens with two attached hydrogens (primary N) is 1. The van der Waals surface area contributed by atoms with E-state index in [1.54, 1.807) is 25.3 Å². The summed E-state index contributed by atoms with van der Waals surface area (Å²) < 4.78 is 10.6. The second-order valence-electron chi connectivity index (χ2n) is 6.32. The normalized spacial score (nSPS) is 10.6. The first-order valence-electron chi connectivity index (χ1n) is 9.15. The molecule has 6 nitrogen and oxygen atoms in total. The van der Waals surface area contributed by atoms with E-state index < -0.39 is 0 Å². The maximum absolute atomic E-state index is 12.3. The van der Waals surface area contributed by atoms with Crippen LogP contribution >= 0.6 is 24.0 Å². The molecule has 0 aliphatic carbocycles. The second kappa shape index (κ2) is 11.8. The first-order chi connectivity index (χ1) is 14.1. The highest BCUT2D eigenvalue weighted by molar-refractivity contribution is 14.0. The molecule has 3 N–H and O–H groups in total. The van der Waals surface area contributed by atoms with Crippen molar-refractivity contribution < 1.29 is 14.3 Å². The fourth-order valence-corrected chi connectivity index (χ4v) is 2.67. The molecule has 0 saturated heterocycles. The number of aliphatic imine (C=N–C) groups is 1. The van der Waals surface area contributed by atoms with Gasteiger partial charge in [-0.2, -0.15) is 0 Å². The Bertz CT molecular complexity index is 994. The number of hydrogen-bond acceptors (Lipinski definition) is 4. The first kappa shape index (κ1) is 23.2. The molecule has 30 heavy (non-hydrogen) atoms. The van der Waals surface area contributed by atoms with Crippen molar-refractivity contribution in [1.82, 2.24) is 0 Å². The lowest BCUT2D eigenvalue weighted by Crippen LogP contribution is -2.22. The maximum atomic E-state index is 12.3. The van der Waals surface area contributed by atoms with Crippen LogP contribution in [0.1, 0.15) is 21.5 Å². The zero-order valence-corrected chi connectivity index (χ0v) is 18.9. The number of hydrogen-bond donors (Lipinski definition) is 2. The summed E-state index contributed by atoms with van der Waals surface area (Å²) in [6.45, 7) is 0.571.